The third-order valence-corrected chi connectivity index (χ3v) is 8.30. The summed E-state index contributed by atoms with van der Waals surface area (Å²) in [5.41, 5.74) is -1.09. The summed E-state index contributed by atoms with van der Waals surface area (Å²) in [6, 6.07) is 0.0898. The Morgan fingerprint density at radius 3 is 2.16 bits per heavy atom. The SMILES string of the molecule is CC1CCC(CC(C2CCCC2)C(C)NC(=O)C(C)(C)OC2CC(F)CC(F)C2)CC1. The van der Waals surface area contributed by atoms with Gasteiger partial charge in [0.1, 0.15) is 17.9 Å². The fourth-order valence-corrected chi connectivity index (χ4v) is 6.33. The summed E-state index contributed by atoms with van der Waals surface area (Å²) < 4.78 is 33.5. The van der Waals surface area contributed by atoms with Crippen LogP contribution in [0.1, 0.15) is 105 Å². The van der Waals surface area contributed by atoms with E-state index in [-0.39, 0.29) is 31.2 Å². The van der Waals surface area contributed by atoms with Crippen molar-refractivity contribution in [3.05, 3.63) is 0 Å². The maximum absolute atomic E-state index is 13.8. The van der Waals surface area contributed by atoms with E-state index in [0.717, 1.165) is 11.8 Å². The van der Waals surface area contributed by atoms with Crippen LogP contribution in [-0.4, -0.2) is 36.0 Å². The zero-order chi connectivity index (χ0) is 22.6. The normalized spacial score (nSPS) is 35.0. The Balaban J connectivity index is 1.58. The van der Waals surface area contributed by atoms with Crippen molar-refractivity contribution in [1.82, 2.24) is 5.32 Å². The maximum Gasteiger partial charge on any atom is 0.251 e. The lowest BCUT2D eigenvalue weighted by atomic mass is 9.73. The van der Waals surface area contributed by atoms with E-state index >= 15 is 0 Å². The van der Waals surface area contributed by atoms with Crippen LogP contribution in [-0.2, 0) is 9.53 Å². The topological polar surface area (TPSA) is 38.3 Å². The molecule has 4 unspecified atom stereocenters. The minimum atomic E-state index is -1.18. The summed E-state index contributed by atoms with van der Waals surface area (Å²) in [4.78, 5) is 13.1. The van der Waals surface area contributed by atoms with Crippen molar-refractivity contribution in [1.29, 1.82) is 0 Å². The van der Waals surface area contributed by atoms with Crippen LogP contribution in [0, 0.1) is 23.7 Å². The number of amides is 1. The Morgan fingerprint density at radius 2 is 1.58 bits per heavy atom. The van der Waals surface area contributed by atoms with Gasteiger partial charge in [0.2, 0.25) is 0 Å². The number of nitrogens with one attached hydrogen (secondary N) is 1. The number of alkyl halides is 2. The predicted molar refractivity (Wildman–Crippen MR) is 121 cm³/mol. The second kappa shape index (κ2) is 10.9. The molecule has 0 aromatic rings. The first-order valence-corrected chi connectivity index (χ1v) is 12.9. The molecule has 3 aliphatic rings. The van der Waals surface area contributed by atoms with Crippen LogP contribution in [0.4, 0.5) is 8.78 Å². The van der Waals surface area contributed by atoms with Gasteiger partial charge in [-0.15, -0.1) is 0 Å². The number of hydrogen-bond donors (Lipinski definition) is 1. The van der Waals surface area contributed by atoms with Crippen LogP contribution in [0.3, 0.4) is 0 Å². The van der Waals surface area contributed by atoms with Gasteiger partial charge in [0.15, 0.2) is 0 Å². The van der Waals surface area contributed by atoms with Crippen LogP contribution in [0.25, 0.3) is 0 Å². The molecule has 1 N–H and O–H groups in total. The number of carbonyl (C=O) groups is 1. The van der Waals surface area contributed by atoms with Gasteiger partial charge in [-0.3, -0.25) is 4.79 Å². The number of rotatable bonds is 8. The van der Waals surface area contributed by atoms with Crippen LogP contribution < -0.4 is 5.32 Å². The molecule has 0 aromatic heterocycles. The second-order valence-corrected chi connectivity index (χ2v) is 11.5. The molecule has 3 saturated carbocycles. The number of hydrogen-bond acceptors (Lipinski definition) is 2. The third kappa shape index (κ3) is 7.14. The summed E-state index contributed by atoms with van der Waals surface area (Å²) in [6.45, 7) is 7.98. The first-order chi connectivity index (χ1) is 14.6. The highest BCUT2D eigenvalue weighted by molar-refractivity contribution is 5.84. The van der Waals surface area contributed by atoms with Crippen molar-refractivity contribution >= 4 is 5.91 Å². The average Bonchev–Trinajstić information content (AvgIpc) is 3.20. The van der Waals surface area contributed by atoms with Crippen LogP contribution >= 0.6 is 0 Å². The minimum absolute atomic E-state index is 0.0491. The Kier molecular flexibility index (Phi) is 8.80. The molecular weight excluding hydrogens is 396 g/mol. The smallest absolute Gasteiger partial charge is 0.251 e. The highest BCUT2D eigenvalue weighted by atomic mass is 19.1. The number of carbonyl (C=O) groups excluding carboxylic acids is 1. The molecule has 0 aliphatic heterocycles. The number of halogens is 2. The molecule has 3 fully saturated rings. The average molecular weight is 442 g/mol. The molecule has 3 nitrogen and oxygen atoms in total. The largest absolute Gasteiger partial charge is 0.362 e. The van der Waals surface area contributed by atoms with Crippen molar-refractivity contribution in [2.45, 2.75) is 135 Å². The Morgan fingerprint density at radius 1 is 1.00 bits per heavy atom. The minimum Gasteiger partial charge on any atom is -0.362 e. The Bertz CT molecular complexity index is 560. The van der Waals surface area contributed by atoms with E-state index in [1.54, 1.807) is 13.8 Å². The van der Waals surface area contributed by atoms with Gasteiger partial charge in [0.05, 0.1) is 6.10 Å². The molecule has 3 rings (SSSR count). The van der Waals surface area contributed by atoms with E-state index in [1.807, 2.05) is 0 Å². The van der Waals surface area contributed by atoms with Crippen molar-refractivity contribution in [3.63, 3.8) is 0 Å². The van der Waals surface area contributed by atoms with Gasteiger partial charge in [-0.1, -0.05) is 58.3 Å². The molecule has 180 valence electrons. The van der Waals surface area contributed by atoms with Crippen LogP contribution in [0.2, 0.25) is 0 Å². The van der Waals surface area contributed by atoms with Crippen molar-refractivity contribution in [2.75, 3.05) is 0 Å². The molecule has 3 aliphatic carbocycles. The maximum atomic E-state index is 13.8. The summed E-state index contributed by atoms with van der Waals surface area (Å²) in [7, 11) is 0. The lowest BCUT2D eigenvalue weighted by Crippen LogP contribution is -2.52. The Hall–Kier alpha value is -0.710. The molecule has 0 saturated heterocycles. The molecule has 4 atom stereocenters. The standard InChI is InChI=1S/C26H45F2NO2/c1-17-9-11-19(12-10-17)13-24(20-7-5-6-8-20)18(2)29-25(30)26(3,4)31-23-15-21(27)14-22(28)16-23/h17-24H,5-16H2,1-4H3,(H,29,30). The summed E-state index contributed by atoms with van der Waals surface area (Å²) in [5, 5.41) is 3.26. The molecule has 0 bridgehead atoms. The van der Waals surface area contributed by atoms with Gasteiger partial charge in [-0.05, 0) is 50.9 Å². The zero-order valence-electron chi connectivity index (χ0n) is 20.2. The van der Waals surface area contributed by atoms with E-state index in [4.69, 9.17) is 4.74 Å². The lowest BCUT2D eigenvalue weighted by Gasteiger charge is -2.38. The number of ether oxygens (including phenoxy) is 1. The molecule has 1 amide bonds. The first kappa shape index (κ1) is 24.9. The van der Waals surface area contributed by atoms with E-state index in [2.05, 4.69) is 19.2 Å². The lowest BCUT2D eigenvalue weighted by molar-refractivity contribution is -0.157. The molecule has 0 aromatic carbocycles. The molecule has 31 heavy (non-hydrogen) atoms. The predicted octanol–water partition coefficient (Wildman–Crippen LogP) is 6.54. The van der Waals surface area contributed by atoms with Gasteiger partial charge in [-0.25, -0.2) is 8.78 Å². The molecule has 0 heterocycles. The van der Waals surface area contributed by atoms with Gasteiger partial charge < -0.3 is 10.1 Å². The van der Waals surface area contributed by atoms with Gasteiger partial charge in [0.25, 0.3) is 5.91 Å². The Labute approximate surface area is 188 Å². The molecule has 0 spiro atoms. The molecular formula is C26H45F2NO2. The van der Waals surface area contributed by atoms with Gasteiger partial charge in [-0.2, -0.15) is 0 Å². The third-order valence-electron chi connectivity index (χ3n) is 8.30. The summed E-state index contributed by atoms with van der Waals surface area (Å²) in [6.07, 6.45) is 9.04. The quantitative estimate of drug-likeness (QED) is 0.464. The van der Waals surface area contributed by atoms with E-state index < -0.39 is 24.0 Å². The van der Waals surface area contributed by atoms with E-state index in [9.17, 15) is 13.6 Å². The molecule has 0 radical (unpaired) electrons. The van der Waals surface area contributed by atoms with Crippen molar-refractivity contribution in [3.8, 4) is 0 Å². The fourth-order valence-electron chi connectivity index (χ4n) is 6.33. The fraction of sp³-hybridized carbons (Fsp3) is 0.962. The summed E-state index contributed by atoms with van der Waals surface area (Å²) in [5.74, 6) is 2.66. The van der Waals surface area contributed by atoms with Crippen molar-refractivity contribution < 1.29 is 18.3 Å². The first-order valence-electron chi connectivity index (χ1n) is 12.9. The zero-order valence-corrected chi connectivity index (χ0v) is 20.2. The second-order valence-electron chi connectivity index (χ2n) is 11.5. The highest BCUT2D eigenvalue weighted by Crippen LogP contribution is 2.40. The van der Waals surface area contributed by atoms with Crippen LogP contribution in [0.15, 0.2) is 0 Å². The van der Waals surface area contributed by atoms with E-state index in [0.29, 0.717) is 11.8 Å². The summed E-state index contributed by atoms with van der Waals surface area (Å²) >= 11 is 0. The van der Waals surface area contributed by atoms with Gasteiger partial charge in [0, 0.05) is 25.3 Å². The van der Waals surface area contributed by atoms with Crippen LogP contribution in [0.5, 0.6) is 0 Å². The monoisotopic (exact) mass is 441 g/mol. The van der Waals surface area contributed by atoms with Crippen molar-refractivity contribution in [2.24, 2.45) is 23.7 Å². The highest BCUT2D eigenvalue weighted by Gasteiger charge is 2.39. The van der Waals surface area contributed by atoms with E-state index in [1.165, 1.54) is 57.8 Å². The van der Waals surface area contributed by atoms with Gasteiger partial charge >= 0.3 is 0 Å². The molecule has 5 heteroatoms.